The van der Waals surface area contributed by atoms with Crippen molar-refractivity contribution in [3.63, 3.8) is 0 Å². The molecule has 0 aromatic heterocycles. The molecular weight excluding hydrogens is 459 g/mol. The van der Waals surface area contributed by atoms with Gasteiger partial charge in [0.05, 0.1) is 21.7 Å². The largest absolute Gasteiger partial charge is 0.507 e. The minimum absolute atomic E-state index is 0.0209. The molecule has 3 aromatic rings. The SMILES string of the molecule is Cc1ccccc1C1/C(=C(\O)c2ccc(Cl)c(Cl)c2)C(=O)C(=O)N1c1ccc(F)c(F)c1. The van der Waals surface area contributed by atoms with Gasteiger partial charge < -0.3 is 5.11 Å². The van der Waals surface area contributed by atoms with Crippen LogP contribution in [0.1, 0.15) is 22.7 Å². The van der Waals surface area contributed by atoms with Crippen molar-refractivity contribution in [2.75, 3.05) is 4.90 Å². The van der Waals surface area contributed by atoms with Gasteiger partial charge >= 0.3 is 0 Å². The van der Waals surface area contributed by atoms with Crippen LogP contribution in [0.3, 0.4) is 0 Å². The molecule has 1 N–H and O–H groups in total. The molecule has 162 valence electrons. The number of aliphatic hydroxyl groups excluding tert-OH is 1. The van der Waals surface area contributed by atoms with E-state index in [4.69, 9.17) is 23.2 Å². The van der Waals surface area contributed by atoms with Crippen LogP contribution in [0.5, 0.6) is 0 Å². The maximum Gasteiger partial charge on any atom is 0.300 e. The van der Waals surface area contributed by atoms with E-state index in [1.54, 1.807) is 31.2 Å². The number of rotatable bonds is 3. The lowest BCUT2D eigenvalue weighted by molar-refractivity contribution is -0.132. The van der Waals surface area contributed by atoms with E-state index in [0.29, 0.717) is 5.56 Å². The van der Waals surface area contributed by atoms with Gasteiger partial charge in [0, 0.05) is 17.3 Å². The molecule has 1 fully saturated rings. The number of Topliss-reactive ketones (excluding diaryl/α,β-unsaturated/α-hetero) is 1. The summed E-state index contributed by atoms with van der Waals surface area (Å²) >= 11 is 12.0. The average Bonchev–Trinajstić information content (AvgIpc) is 3.02. The zero-order chi connectivity index (χ0) is 23.2. The second-order valence-corrected chi connectivity index (χ2v) is 8.07. The molecule has 1 saturated heterocycles. The zero-order valence-corrected chi connectivity index (χ0v) is 18.1. The minimum atomic E-state index is -1.17. The predicted molar refractivity (Wildman–Crippen MR) is 119 cm³/mol. The molecule has 0 saturated carbocycles. The van der Waals surface area contributed by atoms with E-state index in [9.17, 15) is 23.5 Å². The van der Waals surface area contributed by atoms with E-state index in [-0.39, 0.29) is 26.9 Å². The number of halogens is 4. The van der Waals surface area contributed by atoms with E-state index in [0.717, 1.165) is 22.6 Å². The number of benzene rings is 3. The van der Waals surface area contributed by atoms with Crippen molar-refractivity contribution >= 4 is 46.3 Å². The highest BCUT2D eigenvalue weighted by molar-refractivity contribution is 6.51. The number of carbonyl (C=O) groups excluding carboxylic acids is 2. The van der Waals surface area contributed by atoms with Gasteiger partial charge in [-0.2, -0.15) is 0 Å². The molecule has 0 aliphatic carbocycles. The fourth-order valence-corrected chi connectivity index (χ4v) is 4.02. The first-order valence-corrected chi connectivity index (χ1v) is 10.2. The summed E-state index contributed by atoms with van der Waals surface area (Å²) in [5.41, 5.74) is 1.23. The maximum atomic E-state index is 14.0. The number of hydrogen-bond acceptors (Lipinski definition) is 3. The number of amides is 1. The Hall–Kier alpha value is -3.22. The normalized spacial score (nSPS) is 17.8. The van der Waals surface area contributed by atoms with Gasteiger partial charge in [-0.3, -0.25) is 14.5 Å². The van der Waals surface area contributed by atoms with E-state index < -0.39 is 35.1 Å². The summed E-state index contributed by atoms with van der Waals surface area (Å²) in [7, 11) is 0. The predicted octanol–water partition coefficient (Wildman–Crippen LogP) is 6.21. The van der Waals surface area contributed by atoms with Crippen LogP contribution in [0, 0.1) is 18.6 Å². The Morgan fingerprint density at radius 1 is 0.938 bits per heavy atom. The van der Waals surface area contributed by atoms with Crippen molar-refractivity contribution in [3.05, 3.63) is 105 Å². The maximum absolute atomic E-state index is 14.0. The number of ketones is 1. The van der Waals surface area contributed by atoms with Crippen molar-refractivity contribution in [2.24, 2.45) is 0 Å². The first-order chi connectivity index (χ1) is 15.2. The van der Waals surface area contributed by atoms with Gasteiger partial charge in [0.1, 0.15) is 5.76 Å². The molecule has 0 spiro atoms. The summed E-state index contributed by atoms with van der Waals surface area (Å²) in [6.45, 7) is 1.78. The second-order valence-electron chi connectivity index (χ2n) is 7.25. The highest BCUT2D eigenvalue weighted by Gasteiger charge is 2.47. The van der Waals surface area contributed by atoms with Crippen LogP contribution in [0.15, 0.2) is 66.2 Å². The summed E-state index contributed by atoms with van der Waals surface area (Å²) in [6.07, 6.45) is 0. The van der Waals surface area contributed by atoms with Crippen molar-refractivity contribution < 1.29 is 23.5 Å². The van der Waals surface area contributed by atoms with Crippen molar-refractivity contribution in [1.82, 2.24) is 0 Å². The zero-order valence-electron chi connectivity index (χ0n) is 16.6. The molecule has 4 nitrogen and oxygen atoms in total. The first kappa shape index (κ1) is 22.0. The Balaban J connectivity index is 1.99. The van der Waals surface area contributed by atoms with Gasteiger partial charge in [-0.25, -0.2) is 8.78 Å². The molecule has 1 aliphatic rings. The number of aliphatic hydroxyl groups is 1. The fourth-order valence-electron chi connectivity index (χ4n) is 3.72. The lowest BCUT2D eigenvalue weighted by atomic mass is 9.92. The summed E-state index contributed by atoms with van der Waals surface area (Å²) < 4.78 is 27.5. The third kappa shape index (κ3) is 3.66. The molecule has 1 heterocycles. The fraction of sp³-hybridized carbons (Fsp3) is 0.0833. The third-order valence-electron chi connectivity index (χ3n) is 5.30. The Labute approximate surface area is 192 Å². The number of nitrogens with zero attached hydrogens (tertiary/aromatic N) is 1. The monoisotopic (exact) mass is 473 g/mol. The van der Waals surface area contributed by atoms with Crippen LogP contribution in [0.25, 0.3) is 5.76 Å². The van der Waals surface area contributed by atoms with Gasteiger partial charge in [0.15, 0.2) is 11.6 Å². The Kier molecular flexibility index (Phi) is 5.75. The van der Waals surface area contributed by atoms with Gasteiger partial charge in [-0.1, -0.05) is 47.5 Å². The molecule has 32 heavy (non-hydrogen) atoms. The average molecular weight is 474 g/mol. The molecule has 3 aromatic carbocycles. The van der Waals surface area contributed by atoms with Crippen LogP contribution in [-0.4, -0.2) is 16.8 Å². The molecular formula is C24H15Cl2F2NO3. The molecule has 1 unspecified atom stereocenters. The standard InChI is InChI=1S/C24H15Cl2F2NO3/c1-12-4-2-3-5-15(12)21-20(22(30)13-6-8-16(25)17(26)10-13)23(31)24(32)29(21)14-7-9-18(27)19(28)11-14/h2-11,21,30H,1H3/b22-20+. The Morgan fingerprint density at radius 2 is 1.66 bits per heavy atom. The Morgan fingerprint density at radius 3 is 2.31 bits per heavy atom. The van der Waals surface area contributed by atoms with E-state index in [1.165, 1.54) is 24.3 Å². The van der Waals surface area contributed by atoms with Crippen LogP contribution in [-0.2, 0) is 9.59 Å². The van der Waals surface area contributed by atoms with Gasteiger partial charge in [0.25, 0.3) is 11.7 Å². The van der Waals surface area contributed by atoms with Gasteiger partial charge in [-0.05, 0) is 48.4 Å². The van der Waals surface area contributed by atoms with E-state index >= 15 is 0 Å². The van der Waals surface area contributed by atoms with Crippen LogP contribution in [0.2, 0.25) is 10.0 Å². The number of aryl methyl sites for hydroxylation is 1. The van der Waals surface area contributed by atoms with E-state index in [2.05, 4.69) is 0 Å². The number of anilines is 1. The number of carbonyl (C=O) groups is 2. The summed E-state index contributed by atoms with van der Waals surface area (Å²) in [5.74, 6) is -4.66. The molecule has 0 bridgehead atoms. The van der Waals surface area contributed by atoms with Crippen molar-refractivity contribution in [3.8, 4) is 0 Å². The van der Waals surface area contributed by atoms with Gasteiger partial charge in [-0.15, -0.1) is 0 Å². The minimum Gasteiger partial charge on any atom is -0.507 e. The highest BCUT2D eigenvalue weighted by atomic mass is 35.5. The first-order valence-electron chi connectivity index (χ1n) is 9.47. The topological polar surface area (TPSA) is 57.6 Å². The molecule has 4 rings (SSSR count). The quantitative estimate of drug-likeness (QED) is 0.279. The third-order valence-corrected chi connectivity index (χ3v) is 6.04. The smallest absolute Gasteiger partial charge is 0.300 e. The molecule has 8 heteroatoms. The second kappa shape index (κ2) is 8.37. The molecule has 1 atom stereocenters. The van der Waals surface area contributed by atoms with Crippen LogP contribution >= 0.6 is 23.2 Å². The van der Waals surface area contributed by atoms with Crippen molar-refractivity contribution in [2.45, 2.75) is 13.0 Å². The number of hydrogen-bond donors (Lipinski definition) is 1. The lowest BCUT2D eigenvalue weighted by Crippen LogP contribution is -2.30. The summed E-state index contributed by atoms with van der Waals surface area (Å²) in [6, 6.07) is 13.1. The van der Waals surface area contributed by atoms with E-state index in [1.807, 2.05) is 0 Å². The van der Waals surface area contributed by atoms with Gasteiger partial charge in [0.2, 0.25) is 0 Å². The summed E-state index contributed by atoms with van der Waals surface area (Å²) in [5, 5.41) is 11.5. The lowest BCUT2D eigenvalue weighted by Gasteiger charge is -2.26. The summed E-state index contributed by atoms with van der Waals surface area (Å²) in [4.78, 5) is 27.2. The molecule has 1 aliphatic heterocycles. The highest BCUT2D eigenvalue weighted by Crippen LogP contribution is 2.43. The molecule has 1 amide bonds. The van der Waals surface area contributed by atoms with Crippen molar-refractivity contribution in [1.29, 1.82) is 0 Å². The Bertz CT molecular complexity index is 1310. The van der Waals surface area contributed by atoms with Crippen LogP contribution < -0.4 is 4.90 Å². The molecule has 0 radical (unpaired) electrons. The van der Waals surface area contributed by atoms with Crippen LogP contribution in [0.4, 0.5) is 14.5 Å².